The average molecular weight is 875 g/mol. The van der Waals surface area contributed by atoms with Gasteiger partial charge in [-0.3, -0.25) is 9.80 Å². The lowest BCUT2D eigenvalue weighted by Gasteiger charge is -2.47. The van der Waals surface area contributed by atoms with Gasteiger partial charge in [0.15, 0.2) is 24.2 Å². The van der Waals surface area contributed by atoms with Crippen LogP contribution in [-0.4, -0.2) is 113 Å². The van der Waals surface area contributed by atoms with E-state index in [1.807, 2.05) is 4.90 Å². The molecule has 5 aliphatic heterocycles. The van der Waals surface area contributed by atoms with Crippen molar-refractivity contribution in [3.05, 3.63) is 41.6 Å². The lowest BCUT2D eigenvalue weighted by molar-refractivity contribution is -0.275. The number of ether oxygens (including phenoxy) is 5. The number of piperazine rings is 1. The molecule has 7 heterocycles. The number of methoxy groups -OCH3 is 1. The van der Waals surface area contributed by atoms with E-state index < -0.39 is 63.4 Å². The number of fused-ring (bicyclic) bond motifs is 7. The molecule has 4 aromatic rings. The molecule has 1 aliphatic carbocycles. The van der Waals surface area contributed by atoms with Gasteiger partial charge in [0.05, 0.1) is 40.2 Å². The molecule has 62 heavy (non-hydrogen) atoms. The number of anilines is 1. The van der Waals surface area contributed by atoms with E-state index in [-0.39, 0.29) is 90.9 Å². The average Bonchev–Trinajstić information content (AvgIpc) is 3.44. The summed E-state index contributed by atoms with van der Waals surface area (Å²) < 4.78 is 131. The molecular formula is C43H45F7N6O6. The summed E-state index contributed by atoms with van der Waals surface area (Å²) in [5.74, 6) is -6.00. The number of rotatable bonds is 8. The van der Waals surface area contributed by atoms with Gasteiger partial charge in [0, 0.05) is 37.6 Å². The molecule has 2 bridgehead atoms. The van der Waals surface area contributed by atoms with Gasteiger partial charge in [0.2, 0.25) is 0 Å². The number of halogens is 7. The Morgan fingerprint density at radius 3 is 2.48 bits per heavy atom. The molecule has 0 N–H and O–H groups in total. The Kier molecular flexibility index (Phi) is 9.32. The molecule has 19 heteroatoms. The Hall–Kier alpha value is -4.91. The molecule has 1 spiro atoms. The van der Waals surface area contributed by atoms with Crippen molar-refractivity contribution in [2.75, 3.05) is 45.0 Å². The zero-order valence-electron chi connectivity index (χ0n) is 34.5. The van der Waals surface area contributed by atoms with Gasteiger partial charge in [-0.1, -0.05) is 6.07 Å². The van der Waals surface area contributed by atoms with Crippen LogP contribution in [0.2, 0.25) is 0 Å². The van der Waals surface area contributed by atoms with Gasteiger partial charge in [-0.05, 0) is 95.8 Å². The molecule has 4 saturated heterocycles. The summed E-state index contributed by atoms with van der Waals surface area (Å²) in [6.45, 7) is 6.26. The number of aromatic nitrogens is 3. The van der Waals surface area contributed by atoms with Crippen LogP contribution in [-0.2, 0) is 15.9 Å². The molecule has 2 aromatic heterocycles. The summed E-state index contributed by atoms with van der Waals surface area (Å²) in [6, 6.07) is 3.44. The van der Waals surface area contributed by atoms with Gasteiger partial charge in [-0.15, -0.1) is 13.2 Å². The van der Waals surface area contributed by atoms with Crippen molar-refractivity contribution in [2.45, 2.75) is 114 Å². The van der Waals surface area contributed by atoms with Gasteiger partial charge >= 0.3 is 18.5 Å². The van der Waals surface area contributed by atoms with Crippen LogP contribution in [0.5, 0.6) is 17.5 Å². The van der Waals surface area contributed by atoms with Crippen molar-refractivity contribution >= 4 is 33.6 Å². The van der Waals surface area contributed by atoms with Crippen LogP contribution in [0.1, 0.15) is 71.4 Å². The van der Waals surface area contributed by atoms with Crippen molar-refractivity contribution in [3.63, 3.8) is 0 Å². The molecular weight excluding hydrogens is 829 g/mol. The third kappa shape index (κ3) is 6.70. The minimum Gasteiger partial charge on any atom is -0.468 e. The molecule has 0 unspecified atom stereocenters. The molecule has 6 aliphatic rings. The smallest absolute Gasteiger partial charge is 0.468 e. The summed E-state index contributed by atoms with van der Waals surface area (Å²) in [7, 11) is 1.36. The van der Waals surface area contributed by atoms with Crippen molar-refractivity contribution in [2.24, 2.45) is 5.41 Å². The first-order valence-corrected chi connectivity index (χ1v) is 20.9. The van der Waals surface area contributed by atoms with Crippen molar-refractivity contribution in [1.82, 2.24) is 24.8 Å². The first-order chi connectivity index (χ1) is 29.3. The van der Waals surface area contributed by atoms with Gasteiger partial charge in [0.25, 0.3) is 5.92 Å². The number of hydrogen-bond acceptors (Lipinski definition) is 11. The second kappa shape index (κ2) is 14.0. The van der Waals surface area contributed by atoms with Crippen molar-refractivity contribution < 1.29 is 59.2 Å². The number of aryl methyl sites for hydroxylation is 1. The van der Waals surface area contributed by atoms with E-state index in [9.17, 15) is 26.7 Å². The minimum atomic E-state index is -5.31. The van der Waals surface area contributed by atoms with E-state index in [0.717, 1.165) is 12.5 Å². The third-order valence-corrected chi connectivity index (χ3v) is 13.6. The van der Waals surface area contributed by atoms with Crippen LogP contribution in [0.3, 0.4) is 0 Å². The fourth-order valence-corrected chi connectivity index (χ4v) is 11.0. The highest BCUT2D eigenvalue weighted by atomic mass is 19.4. The molecule has 1 amide bonds. The highest BCUT2D eigenvalue weighted by Crippen LogP contribution is 2.69. The maximum absolute atomic E-state index is 17.7. The SMILES string of the molecule is COCOc1cc(-c2nc3c4c(nc(OC[C@@]56CCCN5C[C@@]5(CC5(F)F)C6)nc4c2F)N2C[C@H]4CC[C@@H]([C@H]2CC3)N4C(=O)OC(C)(C)C)c2c(OC(F)(F)F)c(F)ccc2c1. The van der Waals surface area contributed by atoms with E-state index in [1.54, 1.807) is 25.7 Å². The van der Waals surface area contributed by atoms with Crippen LogP contribution in [0.15, 0.2) is 24.3 Å². The highest BCUT2D eigenvalue weighted by Gasteiger charge is 2.77. The quantitative estimate of drug-likeness (QED) is 0.126. The number of amides is 1. The zero-order chi connectivity index (χ0) is 43.7. The Labute approximate surface area is 351 Å². The van der Waals surface area contributed by atoms with Gasteiger partial charge in [-0.25, -0.2) is 27.3 Å². The number of nitrogens with zero attached hydrogens (tertiary/aromatic N) is 6. The maximum Gasteiger partial charge on any atom is 0.573 e. The fourth-order valence-electron chi connectivity index (χ4n) is 11.0. The van der Waals surface area contributed by atoms with Crippen LogP contribution in [0.4, 0.5) is 41.3 Å². The molecule has 5 atom stereocenters. The van der Waals surface area contributed by atoms with Crippen LogP contribution in [0, 0.1) is 17.0 Å². The van der Waals surface area contributed by atoms with Crippen LogP contribution >= 0.6 is 0 Å². The number of carbonyl (C=O) groups excluding carboxylic acids is 1. The van der Waals surface area contributed by atoms with E-state index >= 15 is 8.78 Å². The topological polar surface area (TPSA) is 112 Å². The normalized spacial score (nSPS) is 27.4. The zero-order valence-corrected chi connectivity index (χ0v) is 34.5. The number of carbonyl (C=O) groups is 1. The highest BCUT2D eigenvalue weighted by molar-refractivity contribution is 6.04. The van der Waals surface area contributed by atoms with Crippen molar-refractivity contribution in [1.29, 1.82) is 0 Å². The molecule has 0 radical (unpaired) electrons. The van der Waals surface area contributed by atoms with Gasteiger partial charge in [-0.2, -0.15) is 9.97 Å². The van der Waals surface area contributed by atoms with Crippen LogP contribution < -0.4 is 19.1 Å². The molecule has 1 saturated carbocycles. The molecule has 5 fully saturated rings. The van der Waals surface area contributed by atoms with Gasteiger partial charge in [0.1, 0.15) is 35.0 Å². The van der Waals surface area contributed by atoms with E-state index in [2.05, 4.69) is 14.6 Å². The largest absolute Gasteiger partial charge is 0.573 e. The van der Waals surface area contributed by atoms with E-state index in [4.69, 9.17) is 28.9 Å². The summed E-state index contributed by atoms with van der Waals surface area (Å²) >= 11 is 0. The van der Waals surface area contributed by atoms with E-state index in [1.165, 1.54) is 25.3 Å². The molecule has 12 nitrogen and oxygen atoms in total. The van der Waals surface area contributed by atoms with Crippen LogP contribution in [0.25, 0.3) is 32.9 Å². The lowest BCUT2D eigenvalue weighted by Crippen LogP contribution is -2.62. The molecule has 10 rings (SSSR count). The summed E-state index contributed by atoms with van der Waals surface area (Å²) in [4.78, 5) is 33.9. The Bertz CT molecular complexity index is 2500. The monoisotopic (exact) mass is 874 g/mol. The second-order valence-electron chi connectivity index (χ2n) is 18.6. The second-order valence-corrected chi connectivity index (χ2v) is 18.6. The number of benzene rings is 2. The summed E-state index contributed by atoms with van der Waals surface area (Å²) in [5.41, 5.74) is -3.25. The first kappa shape index (κ1) is 41.1. The number of hydrogen-bond donors (Lipinski definition) is 0. The first-order valence-electron chi connectivity index (χ1n) is 20.9. The fraction of sp³-hybridized carbons (Fsp3) is 0.581. The van der Waals surface area contributed by atoms with Gasteiger partial charge < -0.3 is 28.6 Å². The standard InChI is InChI=1S/C43H45F7N6O6/c1-39(2,3)62-38(57)56-23-7-10-29(56)28-11-9-27-31-34(52-37(53-36(31)55(28)16-23)59-20-41-12-5-13-54(41)19-40(17-41)18-42(40,46)47)32(45)33(51-27)25-15-24(60-21-58-4)14-22-6-8-26(44)35(30(22)25)61-43(48,49)50/h6,8,14-15,23,28-29H,5,7,9-13,16-21H2,1-4H3/t23-,28-,29+,40+,41+/m1/s1. The maximum atomic E-state index is 17.7. The summed E-state index contributed by atoms with van der Waals surface area (Å²) in [6.07, 6.45) is -2.37. The summed E-state index contributed by atoms with van der Waals surface area (Å²) in [5, 5.41) is -0.141. The van der Waals surface area contributed by atoms with Crippen molar-refractivity contribution in [3.8, 4) is 28.8 Å². The Morgan fingerprint density at radius 2 is 1.76 bits per heavy atom. The predicted molar refractivity (Wildman–Crippen MR) is 209 cm³/mol. The third-order valence-electron chi connectivity index (χ3n) is 13.6. The van der Waals surface area contributed by atoms with E-state index in [0.29, 0.717) is 50.3 Å². The molecule has 2 aromatic carbocycles. The Balaban J connectivity index is 1.13. The Morgan fingerprint density at radius 1 is 0.968 bits per heavy atom. The number of pyridine rings is 1. The number of alkyl halides is 5. The molecule has 332 valence electrons. The predicted octanol–water partition coefficient (Wildman–Crippen LogP) is 8.55. The lowest BCUT2D eigenvalue weighted by atomic mass is 9.89. The minimum absolute atomic E-state index is 0.0279.